The maximum atomic E-state index is 13.3. The van der Waals surface area contributed by atoms with Crippen molar-refractivity contribution in [1.29, 1.82) is 0 Å². The fraction of sp³-hybridized carbons (Fsp3) is 0.385. The molecule has 1 N–H and O–H groups in total. The number of amides is 1. The van der Waals surface area contributed by atoms with Crippen LogP contribution in [0.15, 0.2) is 18.2 Å². The van der Waals surface area contributed by atoms with Gasteiger partial charge in [0.25, 0.3) is 5.91 Å². The maximum absolute atomic E-state index is 13.3. The van der Waals surface area contributed by atoms with Gasteiger partial charge in [-0.25, -0.2) is 9.18 Å². The van der Waals surface area contributed by atoms with Crippen LogP contribution in [0.2, 0.25) is 0 Å². The third kappa shape index (κ3) is 3.07. The Labute approximate surface area is 114 Å². The molecule has 2 rings (SSSR count). The van der Waals surface area contributed by atoms with Gasteiger partial charge in [0.15, 0.2) is 0 Å². The predicted molar refractivity (Wildman–Crippen MR) is 70.9 cm³/mol. The van der Waals surface area contributed by atoms with Crippen molar-refractivity contribution in [3.8, 4) is 0 Å². The molecule has 1 amide bonds. The smallest absolute Gasteiger partial charge is 0.327 e. The molecule has 0 aromatic heterocycles. The number of rotatable bonds is 2. The number of nitrogens with zero attached hydrogens (tertiary/aromatic N) is 1. The lowest BCUT2D eigenvalue weighted by molar-refractivity contribution is -0.141. The second kappa shape index (κ2) is 5.61. The Morgan fingerprint density at radius 3 is 2.79 bits per heavy atom. The molecule has 1 aromatic rings. The van der Waals surface area contributed by atoms with Crippen LogP contribution in [-0.4, -0.2) is 46.0 Å². The zero-order valence-electron chi connectivity index (χ0n) is 10.4. The molecule has 0 saturated carbocycles. The highest BCUT2D eigenvalue weighted by atomic mass is 32.2. The molecule has 1 atom stereocenters. The summed E-state index contributed by atoms with van der Waals surface area (Å²) in [6, 6.07) is 3.22. The van der Waals surface area contributed by atoms with Crippen LogP contribution < -0.4 is 0 Å². The molecule has 0 radical (unpaired) electrons. The molecule has 1 aromatic carbocycles. The van der Waals surface area contributed by atoms with Crippen molar-refractivity contribution < 1.29 is 19.1 Å². The first-order valence-electron chi connectivity index (χ1n) is 5.88. The lowest BCUT2D eigenvalue weighted by Gasteiger charge is -2.32. The van der Waals surface area contributed by atoms with E-state index >= 15 is 0 Å². The molecule has 19 heavy (non-hydrogen) atoms. The monoisotopic (exact) mass is 283 g/mol. The van der Waals surface area contributed by atoms with E-state index in [9.17, 15) is 14.0 Å². The van der Waals surface area contributed by atoms with Crippen molar-refractivity contribution in [3.05, 3.63) is 35.1 Å². The first-order chi connectivity index (χ1) is 8.99. The van der Waals surface area contributed by atoms with Gasteiger partial charge in [-0.05, 0) is 30.7 Å². The summed E-state index contributed by atoms with van der Waals surface area (Å²) in [7, 11) is 0. The molecule has 0 aliphatic carbocycles. The number of hydrogen-bond acceptors (Lipinski definition) is 3. The van der Waals surface area contributed by atoms with Crippen LogP contribution in [0.4, 0.5) is 4.39 Å². The zero-order chi connectivity index (χ0) is 14.0. The standard InChI is InChI=1S/C13H14FNO3S/c1-8-4-9(6-10(14)5-8)12(16)15-2-3-19-7-11(15)13(17)18/h4-6,11H,2-3,7H2,1H3,(H,17,18). The lowest BCUT2D eigenvalue weighted by atomic mass is 10.1. The van der Waals surface area contributed by atoms with Crippen molar-refractivity contribution in [2.45, 2.75) is 13.0 Å². The number of halogens is 1. The number of carbonyl (C=O) groups is 2. The Bertz CT molecular complexity index is 500. The highest BCUT2D eigenvalue weighted by Gasteiger charge is 2.32. The average Bonchev–Trinajstić information content (AvgIpc) is 2.36. The van der Waals surface area contributed by atoms with Gasteiger partial charge in [-0.1, -0.05) is 0 Å². The highest BCUT2D eigenvalue weighted by molar-refractivity contribution is 7.99. The topological polar surface area (TPSA) is 57.6 Å². The first kappa shape index (κ1) is 13.9. The molecule has 1 saturated heterocycles. The number of thioether (sulfide) groups is 1. The van der Waals surface area contributed by atoms with E-state index in [0.717, 1.165) is 6.07 Å². The van der Waals surface area contributed by atoms with Gasteiger partial charge in [0.2, 0.25) is 0 Å². The van der Waals surface area contributed by atoms with Crippen LogP contribution in [0.25, 0.3) is 0 Å². The molecule has 4 nitrogen and oxygen atoms in total. The van der Waals surface area contributed by atoms with Crippen molar-refractivity contribution in [1.82, 2.24) is 4.90 Å². The molecule has 1 unspecified atom stereocenters. The van der Waals surface area contributed by atoms with Gasteiger partial charge in [0, 0.05) is 23.6 Å². The SMILES string of the molecule is Cc1cc(F)cc(C(=O)N2CCSCC2C(=O)O)c1. The van der Waals surface area contributed by atoms with Gasteiger partial charge in [0.05, 0.1) is 0 Å². The van der Waals surface area contributed by atoms with Gasteiger partial charge >= 0.3 is 5.97 Å². The molecule has 0 spiro atoms. The number of aliphatic carboxylic acids is 1. The van der Waals surface area contributed by atoms with Crippen LogP contribution in [0.1, 0.15) is 15.9 Å². The molecule has 102 valence electrons. The van der Waals surface area contributed by atoms with Gasteiger partial charge in [0.1, 0.15) is 11.9 Å². The summed E-state index contributed by atoms with van der Waals surface area (Å²) in [5, 5.41) is 9.13. The Hall–Kier alpha value is -1.56. The van der Waals surface area contributed by atoms with Gasteiger partial charge in [-0.3, -0.25) is 4.79 Å². The molecule has 1 aliphatic heterocycles. The molecule has 1 heterocycles. The van der Waals surface area contributed by atoms with E-state index in [4.69, 9.17) is 5.11 Å². The number of benzene rings is 1. The molecule has 1 fully saturated rings. The highest BCUT2D eigenvalue weighted by Crippen LogP contribution is 2.20. The number of carbonyl (C=O) groups excluding carboxylic acids is 1. The minimum atomic E-state index is -1.02. The maximum Gasteiger partial charge on any atom is 0.327 e. The van der Waals surface area contributed by atoms with Crippen LogP contribution in [0.5, 0.6) is 0 Å². The molecule has 0 bridgehead atoms. The zero-order valence-corrected chi connectivity index (χ0v) is 11.2. The predicted octanol–water partition coefficient (Wildman–Crippen LogP) is 1.78. The third-order valence-corrected chi connectivity index (χ3v) is 3.99. The van der Waals surface area contributed by atoms with Gasteiger partial charge < -0.3 is 10.0 Å². The fourth-order valence-corrected chi connectivity index (χ4v) is 3.12. The van der Waals surface area contributed by atoms with E-state index in [-0.39, 0.29) is 5.56 Å². The minimum absolute atomic E-state index is 0.204. The van der Waals surface area contributed by atoms with Crippen LogP contribution >= 0.6 is 11.8 Å². The number of hydrogen-bond donors (Lipinski definition) is 1. The summed E-state index contributed by atoms with van der Waals surface area (Å²) in [5.74, 6) is -0.857. The summed E-state index contributed by atoms with van der Waals surface area (Å²) in [5.41, 5.74) is 0.845. The average molecular weight is 283 g/mol. The van der Waals surface area contributed by atoms with Crippen LogP contribution in [0.3, 0.4) is 0 Å². The summed E-state index contributed by atoms with van der Waals surface area (Å²) in [6.45, 7) is 2.07. The molecule has 6 heteroatoms. The Balaban J connectivity index is 2.28. The Morgan fingerprint density at radius 2 is 2.16 bits per heavy atom. The summed E-state index contributed by atoms with van der Waals surface area (Å²) >= 11 is 1.51. The largest absolute Gasteiger partial charge is 0.480 e. The second-order valence-electron chi connectivity index (χ2n) is 4.44. The molecular weight excluding hydrogens is 269 g/mol. The molecular formula is C13H14FNO3S. The van der Waals surface area contributed by atoms with E-state index < -0.39 is 23.7 Å². The van der Waals surface area contributed by atoms with Crippen LogP contribution in [-0.2, 0) is 4.79 Å². The summed E-state index contributed by atoms with van der Waals surface area (Å²) < 4.78 is 13.3. The Morgan fingerprint density at radius 1 is 1.42 bits per heavy atom. The van der Waals surface area contributed by atoms with E-state index in [1.807, 2.05) is 0 Å². The van der Waals surface area contributed by atoms with Gasteiger partial charge in [-0.2, -0.15) is 11.8 Å². The van der Waals surface area contributed by atoms with Crippen molar-refractivity contribution in [3.63, 3.8) is 0 Å². The normalized spacial score (nSPS) is 19.3. The summed E-state index contributed by atoms with van der Waals surface area (Å²) in [6.07, 6.45) is 0. The van der Waals surface area contributed by atoms with E-state index in [1.54, 1.807) is 13.0 Å². The fourth-order valence-electron chi connectivity index (χ4n) is 2.08. The van der Waals surface area contributed by atoms with Crippen molar-refractivity contribution in [2.24, 2.45) is 0 Å². The summed E-state index contributed by atoms with van der Waals surface area (Å²) in [4.78, 5) is 24.8. The number of carboxylic acid groups (broad SMARTS) is 1. The van der Waals surface area contributed by atoms with Crippen molar-refractivity contribution >= 4 is 23.6 Å². The molecule has 1 aliphatic rings. The van der Waals surface area contributed by atoms with E-state index in [0.29, 0.717) is 23.6 Å². The van der Waals surface area contributed by atoms with E-state index in [1.165, 1.54) is 22.7 Å². The lowest BCUT2D eigenvalue weighted by Crippen LogP contribution is -2.50. The number of aryl methyl sites for hydroxylation is 1. The first-order valence-corrected chi connectivity index (χ1v) is 7.03. The van der Waals surface area contributed by atoms with E-state index in [2.05, 4.69) is 0 Å². The van der Waals surface area contributed by atoms with Crippen molar-refractivity contribution in [2.75, 3.05) is 18.1 Å². The second-order valence-corrected chi connectivity index (χ2v) is 5.59. The van der Waals surface area contributed by atoms with Crippen LogP contribution in [0, 0.1) is 12.7 Å². The quantitative estimate of drug-likeness (QED) is 0.899. The minimum Gasteiger partial charge on any atom is -0.480 e. The van der Waals surface area contributed by atoms with Gasteiger partial charge in [-0.15, -0.1) is 0 Å². The number of carboxylic acids is 1. The third-order valence-electron chi connectivity index (χ3n) is 2.96. The Kier molecular flexibility index (Phi) is 4.09.